The molecule has 2 saturated heterocycles. The summed E-state index contributed by atoms with van der Waals surface area (Å²) in [6.45, 7) is 7.68. The topological polar surface area (TPSA) is 71.1 Å². The zero-order valence-electron chi connectivity index (χ0n) is 16.1. The Morgan fingerprint density at radius 1 is 1.30 bits per heavy atom. The number of nitrogens with zero attached hydrogens (tertiary/aromatic N) is 2. The van der Waals surface area contributed by atoms with Gasteiger partial charge in [0, 0.05) is 44.0 Å². The predicted molar refractivity (Wildman–Crippen MR) is 103 cm³/mol. The molecule has 0 radical (unpaired) electrons. The average molecular weight is 375 g/mol. The standard InChI is InChI=1S/C20H29N3O4/c1-20(2,19(25)22-9-11-26-12-10-22)27-18-7-3-6-17(13-18)23-8-4-5-16(14-23)21-15-24/h3,6-7,13,15-16H,4-5,8-12,14H2,1-2H3,(H,21,24)/t16-/m1/s1. The number of nitrogens with one attached hydrogen (secondary N) is 1. The van der Waals surface area contributed by atoms with E-state index in [-0.39, 0.29) is 11.9 Å². The van der Waals surface area contributed by atoms with Crippen molar-refractivity contribution in [2.24, 2.45) is 0 Å². The van der Waals surface area contributed by atoms with E-state index in [0.29, 0.717) is 32.1 Å². The van der Waals surface area contributed by atoms with Crippen LogP contribution in [0.15, 0.2) is 24.3 Å². The Morgan fingerprint density at radius 3 is 2.81 bits per heavy atom. The van der Waals surface area contributed by atoms with Crippen molar-refractivity contribution < 1.29 is 19.1 Å². The van der Waals surface area contributed by atoms with Gasteiger partial charge in [-0.25, -0.2) is 0 Å². The number of morpholine rings is 1. The molecule has 7 nitrogen and oxygen atoms in total. The third kappa shape index (κ3) is 4.91. The maximum absolute atomic E-state index is 12.8. The fourth-order valence-electron chi connectivity index (χ4n) is 3.67. The normalized spacial score (nSPS) is 20.9. The summed E-state index contributed by atoms with van der Waals surface area (Å²) in [5, 5.41) is 2.87. The van der Waals surface area contributed by atoms with E-state index in [1.54, 1.807) is 4.90 Å². The van der Waals surface area contributed by atoms with E-state index in [0.717, 1.165) is 38.0 Å². The highest BCUT2D eigenvalue weighted by atomic mass is 16.5. The lowest BCUT2D eigenvalue weighted by molar-refractivity contribution is -0.149. The van der Waals surface area contributed by atoms with Gasteiger partial charge in [0.15, 0.2) is 5.60 Å². The van der Waals surface area contributed by atoms with Crippen LogP contribution in [-0.2, 0) is 14.3 Å². The van der Waals surface area contributed by atoms with E-state index in [9.17, 15) is 9.59 Å². The van der Waals surface area contributed by atoms with E-state index < -0.39 is 5.60 Å². The van der Waals surface area contributed by atoms with Gasteiger partial charge >= 0.3 is 0 Å². The van der Waals surface area contributed by atoms with Crippen LogP contribution in [-0.4, -0.2) is 68.3 Å². The summed E-state index contributed by atoms with van der Waals surface area (Å²) in [5.41, 5.74) is 0.0963. The maximum atomic E-state index is 12.8. The molecule has 148 valence electrons. The summed E-state index contributed by atoms with van der Waals surface area (Å²) in [6, 6.07) is 7.99. The molecule has 2 heterocycles. The van der Waals surface area contributed by atoms with Gasteiger partial charge in [0.1, 0.15) is 5.75 Å². The highest BCUT2D eigenvalue weighted by Crippen LogP contribution is 2.27. The second-order valence-electron chi connectivity index (χ2n) is 7.58. The molecule has 1 aromatic rings. The third-order valence-electron chi connectivity index (χ3n) is 5.09. The van der Waals surface area contributed by atoms with Crippen molar-refractivity contribution in [3.63, 3.8) is 0 Å². The van der Waals surface area contributed by atoms with Crippen LogP contribution >= 0.6 is 0 Å². The van der Waals surface area contributed by atoms with Crippen LogP contribution in [0.25, 0.3) is 0 Å². The van der Waals surface area contributed by atoms with E-state index >= 15 is 0 Å². The van der Waals surface area contributed by atoms with Crippen LogP contribution in [0.4, 0.5) is 5.69 Å². The first-order valence-corrected chi connectivity index (χ1v) is 9.60. The Balaban J connectivity index is 1.67. The van der Waals surface area contributed by atoms with Gasteiger partial charge < -0.3 is 24.6 Å². The summed E-state index contributed by atoms with van der Waals surface area (Å²) in [5.74, 6) is 0.647. The number of benzene rings is 1. The summed E-state index contributed by atoms with van der Waals surface area (Å²) in [6.07, 6.45) is 2.79. The second kappa shape index (κ2) is 8.61. The summed E-state index contributed by atoms with van der Waals surface area (Å²) in [4.78, 5) is 27.6. The van der Waals surface area contributed by atoms with Gasteiger partial charge in [0.25, 0.3) is 5.91 Å². The van der Waals surface area contributed by atoms with Gasteiger partial charge in [0.05, 0.1) is 13.2 Å². The molecule has 1 N–H and O–H groups in total. The number of amides is 2. The zero-order chi connectivity index (χ0) is 19.3. The van der Waals surface area contributed by atoms with E-state index in [1.165, 1.54) is 0 Å². The zero-order valence-corrected chi connectivity index (χ0v) is 16.1. The Bertz CT molecular complexity index is 658. The number of hydrogen-bond donors (Lipinski definition) is 1. The first-order chi connectivity index (χ1) is 13.0. The van der Waals surface area contributed by atoms with Crippen LogP contribution in [0, 0.1) is 0 Å². The molecule has 0 unspecified atom stereocenters. The van der Waals surface area contributed by atoms with Crippen molar-refractivity contribution in [3.05, 3.63) is 24.3 Å². The minimum atomic E-state index is -0.945. The van der Waals surface area contributed by atoms with Crippen molar-refractivity contribution in [2.45, 2.75) is 38.3 Å². The van der Waals surface area contributed by atoms with E-state index in [1.807, 2.05) is 38.1 Å². The largest absolute Gasteiger partial charge is 0.478 e. The number of carbonyl (C=O) groups excluding carboxylic acids is 2. The number of carbonyl (C=O) groups is 2. The number of anilines is 1. The molecule has 2 amide bonds. The summed E-state index contributed by atoms with van der Waals surface area (Å²) in [7, 11) is 0. The molecule has 2 aliphatic rings. The second-order valence-corrected chi connectivity index (χ2v) is 7.58. The van der Waals surface area contributed by atoms with Crippen LogP contribution < -0.4 is 15.0 Å². The number of hydrogen-bond acceptors (Lipinski definition) is 5. The average Bonchev–Trinajstić information content (AvgIpc) is 2.68. The Kier molecular flexibility index (Phi) is 6.21. The predicted octanol–water partition coefficient (Wildman–Crippen LogP) is 1.42. The fourth-order valence-corrected chi connectivity index (χ4v) is 3.67. The molecular formula is C20H29N3O4. The molecular weight excluding hydrogens is 346 g/mol. The van der Waals surface area contributed by atoms with Crippen molar-refractivity contribution in [3.8, 4) is 5.75 Å². The van der Waals surface area contributed by atoms with Crippen LogP contribution in [0.3, 0.4) is 0 Å². The van der Waals surface area contributed by atoms with Crippen LogP contribution in [0.5, 0.6) is 5.75 Å². The Labute approximate surface area is 160 Å². The van der Waals surface area contributed by atoms with Gasteiger partial charge in [-0.2, -0.15) is 0 Å². The molecule has 0 bridgehead atoms. The molecule has 0 aromatic heterocycles. The molecule has 3 rings (SSSR count). The lowest BCUT2D eigenvalue weighted by atomic mass is 10.0. The fraction of sp³-hybridized carbons (Fsp3) is 0.600. The SMILES string of the molecule is CC(C)(Oc1cccc(N2CCC[C@@H](NC=O)C2)c1)C(=O)N1CCOCC1. The van der Waals surface area contributed by atoms with Crippen molar-refractivity contribution in [1.29, 1.82) is 0 Å². The molecule has 0 spiro atoms. The number of ether oxygens (including phenoxy) is 2. The van der Waals surface area contributed by atoms with Crippen molar-refractivity contribution in [1.82, 2.24) is 10.2 Å². The molecule has 1 atom stereocenters. The molecule has 0 aliphatic carbocycles. The first kappa shape index (κ1) is 19.5. The van der Waals surface area contributed by atoms with Gasteiger partial charge in [0.2, 0.25) is 6.41 Å². The summed E-state index contributed by atoms with van der Waals surface area (Å²) >= 11 is 0. The van der Waals surface area contributed by atoms with Crippen molar-refractivity contribution in [2.75, 3.05) is 44.3 Å². The third-order valence-corrected chi connectivity index (χ3v) is 5.09. The van der Waals surface area contributed by atoms with E-state index in [4.69, 9.17) is 9.47 Å². The first-order valence-electron chi connectivity index (χ1n) is 9.60. The van der Waals surface area contributed by atoms with Gasteiger partial charge in [-0.15, -0.1) is 0 Å². The number of piperidine rings is 1. The monoisotopic (exact) mass is 375 g/mol. The maximum Gasteiger partial charge on any atom is 0.266 e. The van der Waals surface area contributed by atoms with Crippen LogP contribution in [0.2, 0.25) is 0 Å². The van der Waals surface area contributed by atoms with Crippen LogP contribution in [0.1, 0.15) is 26.7 Å². The van der Waals surface area contributed by atoms with E-state index in [2.05, 4.69) is 10.2 Å². The van der Waals surface area contributed by atoms with Crippen molar-refractivity contribution >= 4 is 18.0 Å². The minimum Gasteiger partial charge on any atom is -0.478 e. The Morgan fingerprint density at radius 2 is 2.07 bits per heavy atom. The summed E-state index contributed by atoms with van der Waals surface area (Å²) < 4.78 is 11.4. The molecule has 2 fully saturated rings. The minimum absolute atomic E-state index is 0.0237. The van der Waals surface area contributed by atoms with Gasteiger partial charge in [-0.3, -0.25) is 9.59 Å². The van der Waals surface area contributed by atoms with Gasteiger partial charge in [-0.05, 0) is 38.8 Å². The molecule has 0 saturated carbocycles. The molecule has 27 heavy (non-hydrogen) atoms. The quantitative estimate of drug-likeness (QED) is 0.762. The number of rotatable bonds is 6. The highest BCUT2D eigenvalue weighted by Gasteiger charge is 2.35. The molecule has 2 aliphatic heterocycles. The lowest BCUT2D eigenvalue weighted by Crippen LogP contribution is -2.52. The van der Waals surface area contributed by atoms with Gasteiger partial charge in [-0.1, -0.05) is 6.07 Å². The molecule has 1 aromatic carbocycles. The molecule has 7 heteroatoms. The smallest absolute Gasteiger partial charge is 0.266 e. The lowest BCUT2D eigenvalue weighted by Gasteiger charge is -2.35. The Hall–Kier alpha value is -2.28. The highest BCUT2D eigenvalue weighted by molar-refractivity contribution is 5.85.